The maximum Gasteiger partial charge on any atom is 0.241 e. The lowest BCUT2D eigenvalue weighted by Crippen LogP contribution is -2.41. The van der Waals surface area contributed by atoms with Crippen LogP contribution < -0.4 is 5.32 Å². The lowest BCUT2D eigenvalue weighted by molar-refractivity contribution is -0.131. The largest absolute Gasteiger partial charge is 0.325 e. The molecule has 0 spiro atoms. The monoisotopic (exact) mass is 250 g/mol. The average Bonchev–Trinajstić information content (AvgIpc) is 3.24. The number of amides is 1. The molecular weight excluding hydrogens is 224 g/mol. The number of rotatable bonds is 6. The van der Waals surface area contributed by atoms with Crippen LogP contribution in [-0.2, 0) is 4.79 Å². The molecule has 2 atom stereocenters. The zero-order chi connectivity index (χ0) is 12.8. The molecule has 0 aromatic rings. The Kier molecular flexibility index (Phi) is 3.13. The van der Waals surface area contributed by atoms with E-state index in [2.05, 4.69) is 24.1 Å². The van der Waals surface area contributed by atoms with Gasteiger partial charge in [-0.1, -0.05) is 20.3 Å². The molecule has 102 valence electrons. The van der Waals surface area contributed by atoms with Crippen LogP contribution in [0.3, 0.4) is 0 Å². The van der Waals surface area contributed by atoms with Gasteiger partial charge in [-0.05, 0) is 49.9 Å². The molecule has 3 aliphatic rings. The highest BCUT2D eigenvalue weighted by Gasteiger charge is 2.56. The molecule has 3 heteroatoms. The second-order valence-electron chi connectivity index (χ2n) is 6.53. The van der Waals surface area contributed by atoms with E-state index in [0.29, 0.717) is 17.5 Å². The van der Waals surface area contributed by atoms with E-state index in [-0.39, 0.29) is 6.04 Å². The Balaban J connectivity index is 1.67. The molecule has 1 saturated heterocycles. The van der Waals surface area contributed by atoms with E-state index in [4.69, 9.17) is 0 Å². The van der Waals surface area contributed by atoms with Crippen LogP contribution in [0.25, 0.3) is 0 Å². The Morgan fingerprint density at radius 1 is 1.33 bits per heavy atom. The van der Waals surface area contributed by atoms with Gasteiger partial charge in [0, 0.05) is 6.54 Å². The summed E-state index contributed by atoms with van der Waals surface area (Å²) >= 11 is 0. The number of hydrogen-bond donors (Lipinski definition) is 1. The van der Waals surface area contributed by atoms with E-state index in [1.165, 1.54) is 25.7 Å². The summed E-state index contributed by atoms with van der Waals surface area (Å²) in [5.74, 6) is 1.31. The van der Waals surface area contributed by atoms with Crippen molar-refractivity contribution in [2.45, 2.75) is 71.0 Å². The molecular formula is C15H26N2O. The SMILES string of the molecule is CCCC1NC(CC)N(CC2(C3CC3)CC2)C1=O. The van der Waals surface area contributed by atoms with Crippen LogP contribution in [-0.4, -0.2) is 29.6 Å². The second kappa shape index (κ2) is 4.52. The summed E-state index contributed by atoms with van der Waals surface area (Å²) < 4.78 is 0. The lowest BCUT2D eigenvalue weighted by atomic mass is 9.99. The summed E-state index contributed by atoms with van der Waals surface area (Å²) in [6.07, 6.45) is 8.93. The standard InChI is InChI=1S/C15H26N2O/c1-3-5-12-14(18)17(13(4-2)16-12)10-15(8-9-15)11-6-7-11/h11-13,16H,3-10H2,1-2H3. The number of nitrogens with zero attached hydrogens (tertiary/aromatic N) is 1. The maximum atomic E-state index is 12.5. The van der Waals surface area contributed by atoms with Gasteiger partial charge in [0.15, 0.2) is 0 Å². The van der Waals surface area contributed by atoms with Gasteiger partial charge < -0.3 is 4.90 Å². The average molecular weight is 250 g/mol. The molecule has 0 bridgehead atoms. The Morgan fingerprint density at radius 2 is 2.06 bits per heavy atom. The predicted octanol–water partition coefficient (Wildman–Crippen LogP) is 2.51. The molecule has 0 radical (unpaired) electrons. The van der Waals surface area contributed by atoms with Crippen LogP contribution in [0.15, 0.2) is 0 Å². The topological polar surface area (TPSA) is 32.3 Å². The molecule has 1 amide bonds. The smallest absolute Gasteiger partial charge is 0.241 e. The Hall–Kier alpha value is -0.570. The fourth-order valence-corrected chi connectivity index (χ4v) is 3.66. The Bertz CT molecular complexity index is 333. The minimum atomic E-state index is 0.0925. The summed E-state index contributed by atoms with van der Waals surface area (Å²) in [5.41, 5.74) is 0.534. The van der Waals surface area contributed by atoms with Crippen molar-refractivity contribution in [3.8, 4) is 0 Å². The van der Waals surface area contributed by atoms with Gasteiger partial charge in [0.25, 0.3) is 0 Å². The third-order valence-corrected chi connectivity index (χ3v) is 5.14. The van der Waals surface area contributed by atoms with Crippen molar-refractivity contribution in [3.05, 3.63) is 0 Å². The highest BCUT2D eigenvalue weighted by atomic mass is 16.2. The quantitative estimate of drug-likeness (QED) is 0.785. The highest BCUT2D eigenvalue weighted by molar-refractivity contribution is 5.84. The first-order chi connectivity index (χ1) is 8.70. The maximum absolute atomic E-state index is 12.5. The van der Waals surface area contributed by atoms with Gasteiger partial charge in [-0.25, -0.2) is 0 Å². The van der Waals surface area contributed by atoms with Crippen molar-refractivity contribution in [3.63, 3.8) is 0 Å². The molecule has 2 aliphatic carbocycles. The van der Waals surface area contributed by atoms with Gasteiger partial charge in [0.2, 0.25) is 5.91 Å². The van der Waals surface area contributed by atoms with E-state index in [9.17, 15) is 4.79 Å². The van der Waals surface area contributed by atoms with Gasteiger partial charge in [0.1, 0.15) is 0 Å². The van der Waals surface area contributed by atoms with E-state index in [1.807, 2.05) is 0 Å². The number of carbonyl (C=O) groups is 1. The molecule has 1 heterocycles. The first kappa shape index (κ1) is 12.5. The molecule has 0 aromatic heterocycles. The third kappa shape index (κ3) is 2.07. The van der Waals surface area contributed by atoms with Crippen LogP contribution in [0.4, 0.5) is 0 Å². The van der Waals surface area contributed by atoms with Gasteiger partial charge in [0.05, 0.1) is 12.2 Å². The van der Waals surface area contributed by atoms with Crippen LogP contribution in [0.2, 0.25) is 0 Å². The van der Waals surface area contributed by atoms with Gasteiger partial charge in [-0.3, -0.25) is 10.1 Å². The van der Waals surface area contributed by atoms with E-state index >= 15 is 0 Å². The molecule has 2 saturated carbocycles. The summed E-state index contributed by atoms with van der Waals surface area (Å²) in [5, 5.41) is 3.53. The summed E-state index contributed by atoms with van der Waals surface area (Å²) in [6, 6.07) is 0.0925. The fraction of sp³-hybridized carbons (Fsp3) is 0.933. The van der Waals surface area contributed by atoms with E-state index in [1.54, 1.807) is 0 Å². The number of carbonyl (C=O) groups excluding carboxylic acids is 1. The van der Waals surface area contributed by atoms with Crippen LogP contribution >= 0.6 is 0 Å². The normalized spacial score (nSPS) is 34.1. The molecule has 1 aliphatic heterocycles. The van der Waals surface area contributed by atoms with Crippen molar-refractivity contribution in [1.29, 1.82) is 0 Å². The zero-order valence-electron chi connectivity index (χ0n) is 11.7. The van der Waals surface area contributed by atoms with Crippen molar-refractivity contribution in [2.75, 3.05) is 6.54 Å². The van der Waals surface area contributed by atoms with Gasteiger partial charge >= 0.3 is 0 Å². The van der Waals surface area contributed by atoms with Crippen molar-refractivity contribution in [2.24, 2.45) is 11.3 Å². The Labute approximate surface area is 110 Å². The second-order valence-corrected chi connectivity index (χ2v) is 6.53. The third-order valence-electron chi connectivity index (χ3n) is 5.14. The molecule has 3 rings (SSSR count). The molecule has 1 N–H and O–H groups in total. The first-order valence-corrected chi connectivity index (χ1v) is 7.76. The molecule has 0 aromatic carbocycles. The molecule has 3 fully saturated rings. The van der Waals surface area contributed by atoms with Gasteiger partial charge in [-0.2, -0.15) is 0 Å². The zero-order valence-corrected chi connectivity index (χ0v) is 11.7. The fourth-order valence-electron chi connectivity index (χ4n) is 3.66. The van der Waals surface area contributed by atoms with Crippen molar-refractivity contribution < 1.29 is 4.79 Å². The summed E-state index contributed by atoms with van der Waals surface area (Å²) in [4.78, 5) is 14.6. The number of nitrogens with one attached hydrogen (secondary N) is 1. The van der Waals surface area contributed by atoms with Crippen LogP contribution in [0.5, 0.6) is 0 Å². The molecule has 18 heavy (non-hydrogen) atoms. The number of hydrogen-bond acceptors (Lipinski definition) is 2. The van der Waals surface area contributed by atoms with E-state index in [0.717, 1.165) is 31.7 Å². The van der Waals surface area contributed by atoms with Crippen LogP contribution in [0, 0.1) is 11.3 Å². The highest BCUT2D eigenvalue weighted by Crippen LogP contribution is 2.61. The van der Waals surface area contributed by atoms with Crippen molar-refractivity contribution >= 4 is 5.91 Å². The first-order valence-electron chi connectivity index (χ1n) is 7.76. The molecule has 3 nitrogen and oxygen atoms in total. The van der Waals surface area contributed by atoms with Crippen LogP contribution in [0.1, 0.15) is 58.8 Å². The summed E-state index contributed by atoms with van der Waals surface area (Å²) in [6.45, 7) is 5.37. The Morgan fingerprint density at radius 3 is 2.56 bits per heavy atom. The van der Waals surface area contributed by atoms with Gasteiger partial charge in [-0.15, -0.1) is 0 Å². The lowest BCUT2D eigenvalue weighted by Gasteiger charge is -2.28. The minimum Gasteiger partial charge on any atom is -0.325 e. The predicted molar refractivity (Wildman–Crippen MR) is 72.0 cm³/mol. The van der Waals surface area contributed by atoms with Crippen molar-refractivity contribution in [1.82, 2.24) is 10.2 Å². The minimum absolute atomic E-state index is 0.0925. The van der Waals surface area contributed by atoms with E-state index < -0.39 is 0 Å². The summed E-state index contributed by atoms with van der Waals surface area (Å²) in [7, 11) is 0. The molecule has 2 unspecified atom stereocenters.